The molecule has 3 heterocycles. The Morgan fingerprint density at radius 1 is 0.872 bits per heavy atom. The van der Waals surface area contributed by atoms with Gasteiger partial charge in [-0.2, -0.15) is 0 Å². The maximum absolute atomic E-state index is 12.9. The van der Waals surface area contributed by atoms with Gasteiger partial charge in [-0.25, -0.2) is 0 Å². The van der Waals surface area contributed by atoms with E-state index in [9.17, 15) is 25.2 Å². The summed E-state index contributed by atoms with van der Waals surface area (Å²) in [6, 6.07) is 0. The van der Waals surface area contributed by atoms with E-state index in [2.05, 4.69) is 34.6 Å². The van der Waals surface area contributed by atoms with Gasteiger partial charge in [-0.15, -0.1) is 0 Å². The van der Waals surface area contributed by atoms with Gasteiger partial charge in [-0.05, 0) is 105 Å². The topological polar surface area (TPSA) is 144 Å². The number of esters is 1. The highest BCUT2D eigenvalue weighted by molar-refractivity contribution is 5.66. The molecule has 10 nitrogen and oxygen atoms in total. The van der Waals surface area contributed by atoms with Crippen molar-refractivity contribution in [3.05, 3.63) is 0 Å². The van der Waals surface area contributed by atoms with Crippen LogP contribution < -0.4 is 0 Å². The van der Waals surface area contributed by atoms with Crippen LogP contribution >= 0.6 is 0 Å². The lowest BCUT2D eigenvalue weighted by Crippen LogP contribution is -2.71. The molecular weight excluding hydrogens is 604 g/mol. The molecule has 0 amide bonds. The molecule has 3 saturated heterocycles. The van der Waals surface area contributed by atoms with Crippen LogP contribution in [0.25, 0.3) is 0 Å². The zero-order valence-electron chi connectivity index (χ0n) is 29.5. The lowest BCUT2D eigenvalue weighted by molar-refractivity contribution is -0.430. The Labute approximate surface area is 279 Å². The largest absolute Gasteiger partial charge is 0.457 e. The second-order valence-corrected chi connectivity index (χ2v) is 18.8. The average Bonchev–Trinajstić information content (AvgIpc) is 3.62. The highest BCUT2D eigenvalue weighted by Gasteiger charge is 2.88. The second-order valence-electron chi connectivity index (χ2n) is 18.8. The molecule has 5 saturated carbocycles. The highest BCUT2D eigenvalue weighted by atomic mass is 16.8. The maximum atomic E-state index is 12.9. The first-order valence-electron chi connectivity index (χ1n) is 18.4. The first-order chi connectivity index (χ1) is 21.8. The third kappa shape index (κ3) is 3.88. The third-order valence-electron chi connectivity index (χ3n) is 16.3. The summed E-state index contributed by atoms with van der Waals surface area (Å²) in [5, 5.41) is 43.8. The van der Waals surface area contributed by atoms with E-state index in [0.29, 0.717) is 11.8 Å². The van der Waals surface area contributed by atoms with Gasteiger partial charge in [0.2, 0.25) is 0 Å². The molecule has 47 heavy (non-hydrogen) atoms. The van der Waals surface area contributed by atoms with Crippen molar-refractivity contribution >= 4 is 5.97 Å². The van der Waals surface area contributed by atoms with Crippen molar-refractivity contribution in [3.8, 4) is 0 Å². The Morgan fingerprint density at radius 3 is 2.26 bits per heavy atom. The number of hydrogen-bond donors (Lipinski definition) is 4. The number of carbonyl (C=O) groups is 1. The SMILES string of the molecule is CC(=O)O[C@H]1[C@H]2C[C@@H](C)[C@H]3[C@](O2)(OC1(C)C)[C@H](O)[C@@]1(C)[C@@H]2CC[C@H]4C(C)(C)[C@@H](O[C@@H]5OC[C@@H](O)[C@H](O)[C@H]5O)CC[C@@]45C[C@@]25CC[C@]31C. The van der Waals surface area contributed by atoms with Gasteiger partial charge < -0.3 is 44.1 Å². The smallest absolute Gasteiger partial charge is 0.303 e. The fourth-order valence-corrected chi connectivity index (χ4v) is 14.4. The van der Waals surface area contributed by atoms with E-state index in [1.807, 2.05) is 13.8 Å². The molecule has 3 aliphatic heterocycles. The van der Waals surface area contributed by atoms with E-state index in [-0.39, 0.29) is 58.3 Å². The van der Waals surface area contributed by atoms with Crippen molar-refractivity contribution in [1.82, 2.24) is 0 Å². The molecule has 8 aliphatic rings. The summed E-state index contributed by atoms with van der Waals surface area (Å²) in [6.45, 7) is 17.0. The normalized spacial score (nSPS) is 59.8. The Balaban J connectivity index is 1.10. The van der Waals surface area contributed by atoms with Gasteiger partial charge in [0.25, 0.3) is 0 Å². The van der Waals surface area contributed by atoms with Crippen LogP contribution in [0, 0.1) is 50.7 Å². The molecule has 2 bridgehead atoms. The molecule has 4 N–H and O–H groups in total. The standard InChI is InChI=1S/C37H58O10/c1-18-15-21-28(44-19(2)38)32(5,6)47-37(46-21)27(18)33(7)13-14-36-17-35(36)12-11-24(45-29-26(41)25(40)20(39)16-43-29)31(3,4)22(35)9-10-23(36)34(33,8)30(37)42/h18,20-30,39-42H,9-17H2,1-8H3/t18-,20-,21-,22+,23+,24+,25+,26-,27-,28+,29+,30-,33-,34-,35-,36+,37+/m1/s1. The molecule has 10 heteroatoms. The third-order valence-corrected chi connectivity index (χ3v) is 16.3. The summed E-state index contributed by atoms with van der Waals surface area (Å²) in [5.41, 5.74) is -1.32. The van der Waals surface area contributed by atoms with Crippen molar-refractivity contribution in [2.75, 3.05) is 6.61 Å². The van der Waals surface area contributed by atoms with Crippen molar-refractivity contribution in [1.29, 1.82) is 0 Å². The summed E-state index contributed by atoms with van der Waals surface area (Å²) in [5.74, 6) is -0.514. The molecule has 8 rings (SSSR count). The summed E-state index contributed by atoms with van der Waals surface area (Å²) in [6.07, 6.45) is 1.47. The highest BCUT2D eigenvalue weighted by Crippen LogP contribution is 2.90. The molecular formula is C37H58O10. The van der Waals surface area contributed by atoms with Crippen molar-refractivity contribution < 1.29 is 48.9 Å². The number of fused-ring (bicyclic) bond motifs is 4. The first kappa shape index (κ1) is 33.3. The van der Waals surface area contributed by atoms with Gasteiger partial charge in [0, 0.05) is 18.3 Å². The summed E-state index contributed by atoms with van der Waals surface area (Å²) < 4.78 is 31.9. The van der Waals surface area contributed by atoms with Crippen LogP contribution in [0.4, 0.5) is 0 Å². The quantitative estimate of drug-likeness (QED) is 0.261. The van der Waals surface area contributed by atoms with E-state index < -0.39 is 53.6 Å². The Bertz CT molecular complexity index is 1320. The Morgan fingerprint density at radius 2 is 1.55 bits per heavy atom. The first-order valence-corrected chi connectivity index (χ1v) is 18.4. The van der Waals surface area contributed by atoms with Gasteiger partial charge in [0.15, 0.2) is 18.2 Å². The van der Waals surface area contributed by atoms with Crippen LogP contribution in [0.5, 0.6) is 0 Å². The van der Waals surface area contributed by atoms with E-state index in [1.54, 1.807) is 0 Å². The molecule has 0 unspecified atom stereocenters. The molecule has 0 aromatic heterocycles. The fourth-order valence-electron chi connectivity index (χ4n) is 14.4. The molecule has 5 aliphatic carbocycles. The maximum Gasteiger partial charge on any atom is 0.303 e. The second kappa shape index (κ2) is 9.93. The number of rotatable bonds is 3. The minimum absolute atomic E-state index is 0.0185. The predicted octanol–water partition coefficient (Wildman–Crippen LogP) is 3.69. The number of carbonyl (C=O) groups excluding carboxylic acids is 1. The summed E-state index contributed by atoms with van der Waals surface area (Å²) in [4.78, 5) is 12.1. The van der Waals surface area contributed by atoms with Gasteiger partial charge in [0.1, 0.15) is 36.1 Å². The van der Waals surface area contributed by atoms with Crippen LogP contribution in [0.15, 0.2) is 0 Å². The van der Waals surface area contributed by atoms with Gasteiger partial charge in [0.05, 0.1) is 12.7 Å². The summed E-state index contributed by atoms with van der Waals surface area (Å²) in [7, 11) is 0. The summed E-state index contributed by atoms with van der Waals surface area (Å²) >= 11 is 0. The van der Waals surface area contributed by atoms with Gasteiger partial charge in [-0.1, -0.05) is 34.6 Å². The number of aliphatic hydroxyl groups excluding tert-OH is 4. The monoisotopic (exact) mass is 662 g/mol. The molecule has 0 aromatic rings. The van der Waals surface area contributed by atoms with E-state index in [4.69, 9.17) is 23.7 Å². The van der Waals surface area contributed by atoms with Crippen molar-refractivity contribution in [2.45, 2.75) is 167 Å². The van der Waals surface area contributed by atoms with Crippen LogP contribution in [-0.4, -0.2) is 93.4 Å². The molecule has 0 radical (unpaired) electrons. The fraction of sp³-hybridized carbons (Fsp3) is 0.973. The lowest BCUT2D eigenvalue weighted by Gasteiger charge is -2.63. The predicted molar refractivity (Wildman–Crippen MR) is 168 cm³/mol. The molecule has 266 valence electrons. The van der Waals surface area contributed by atoms with Crippen molar-refractivity contribution in [2.24, 2.45) is 50.7 Å². The molecule has 17 atom stereocenters. The lowest BCUT2D eigenvalue weighted by atomic mass is 9.41. The molecule has 3 spiro atoms. The zero-order chi connectivity index (χ0) is 33.9. The van der Waals surface area contributed by atoms with E-state index in [1.165, 1.54) is 6.92 Å². The van der Waals surface area contributed by atoms with Crippen LogP contribution in [0.1, 0.15) is 107 Å². The van der Waals surface area contributed by atoms with Crippen LogP contribution in [0.3, 0.4) is 0 Å². The number of ether oxygens (including phenoxy) is 5. The average molecular weight is 663 g/mol. The van der Waals surface area contributed by atoms with Gasteiger partial charge >= 0.3 is 5.97 Å². The zero-order valence-corrected chi connectivity index (χ0v) is 29.5. The Hall–Kier alpha value is -0.850. The molecule has 8 fully saturated rings. The minimum atomic E-state index is -1.29. The molecule has 0 aromatic carbocycles. The number of hydrogen-bond acceptors (Lipinski definition) is 10. The van der Waals surface area contributed by atoms with Crippen LogP contribution in [-0.2, 0) is 28.5 Å². The van der Waals surface area contributed by atoms with E-state index in [0.717, 1.165) is 51.4 Å². The minimum Gasteiger partial charge on any atom is -0.457 e. The Kier molecular flexibility index (Phi) is 7.03. The number of aliphatic hydroxyl groups is 4. The van der Waals surface area contributed by atoms with E-state index >= 15 is 0 Å². The van der Waals surface area contributed by atoms with Crippen molar-refractivity contribution in [3.63, 3.8) is 0 Å². The van der Waals surface area contributed by atoms with Gasteiger partial charge in [-0.3, -0.25) is 4.79 Å². The van der Waals surface area contributed by atoms with Crippen LogP contribution in [0.2, 0.25) is 0 Å².